The Bertz CT molecular complexity index is 483. The van der Waals surface area contributed by atoms with Crippen molar-refractivity contribution in [1.29, 1.82) is 0 Å². The molecule has 0 aliphatic rings. The van der Waals surface area contributed by atoms with Gasteiger partial charge in [0, 0.05) is 0 Å². The van der Waals surface area contributed by atoms with Gasteiger partial charge < -0.3 is 9.47 Å². The highest BCUT2D eigenvalue weighted by Crippen LogP contribution is 2.16. The molecule has 4 heteroatoms. The first-order valence-corrected chi connectivity index (χ1v) is 6.70. The maximum absolute atomic E-state index is 12.1. The largest absolute Gasteiger partial charge is 0.462 e. The summed E-state index contributed by atoms with van der Waals surface area (Å²) in [6.45, 7) is 9.57. The molecule has 0 heterocycles. The van der Waals surface area contributed by atoms with E-state index in [0.717, 1.165) is 0 Å². The van der Waals surface area contributed by atoms with E-state index in [1.807, 2.05) is 13.8 Å². The van der Waals surface area contributed by atoms with Crippen molar-refractivity contribution in [2.45, 2.75) is 40.2 Å². The minimum atomic E-state index is -0.605. The highest BCUT2D eigenvalue weighted by atomic mass is 16.6. The number of carbonyl (C=O) groups is 2. The zero-order valence-electron chi connectivity index (χ0n) is 12.7. The Kier molecular flexibility index (Phi) is 5.31. The van der Waals surface area contributed by atoms with E-state index < -0.39 is 17.5 Å². The van der Waals surface area contributed by atoms with Gasteiger partial charge in [0.1, 0.15) is 5.60 Å². The molecule has 0 N–H and O–H groups in total. The third-order valence-corrected chi connectivity index (χ3v) is 2.31. The van der Waals surface area contributed by atoms with Gasteiger partial charge in [0.05, 0.1) is 17.7 Å². The van der Waals surface area contributed by atoms with Crippen molar-refractivity contribution in [1.82, 2.24) is 0 Å². The molecule has 0 atom stereocenters. The molecule has 0 radical (unpaired) electrons. The van der Waals surface area contributed by atoms with Crippen LogP contribution in [-0.2, 0) is 9.47 Å². The topological polar surface area (TPSA) is 52.6 Å². The van der Waals surface area contributed by atoms with Crippen LogP contribution in [0.1, 0.15) is 55.3 Å². The number of esters is 2. The van der Waals surface area contributed by atoms with Crippen LogP contribution in [-0.4, -0.2) is 24.1 Å². The second kappa shape index (κ2) is 6.55. The molecule has 1 aromatic carbocycles. The van der Waals surface area contributed by atoms with Gasteiger partial charge in [0.2, 0.25) is 0 Å². The van der Waals surface area contributed by atoms with Crippen LogP contribution < -0.4 is 0 Å². The Morgan fingerprint density at radius 2 is 1.55 bits per heavy atom. The molecule has 0 aliphatic carbocycles. The van der Waals surface area contributed by atoms with Crippen LogP contribution in [0.5, 0.6) is 0 Å². The Labute approximate surface area is 120 Å². The summed E-state index contributed by atoms with van der Waals surface area (Å²) in [6.07, 6.45) is 0. The monoisotopic (exact) mass is 278 g/mol. The van der Waals surface area contributed by atoms with Gasteiger partial charge in [-0.3, -0.25) is 0 Å². The van der Waals surface area contributed by atoms with Gasteiger partial charge in [-0.2, -0.15) is 0 Å². The van der Waals surface area contributed by atoms with Crippen molar-refractivity contribution in [3.63, 3.8) is 0 Å². The first kappa shape index (κ1) is 16.2. The molecule has 4 nitrogen and oxygen atoms in total. The van der Waals surface area contributed by atoms with E-state index in [0.29, 0.717) is 6.61 Å². The third-order valence-electron chi connectivity index (χ3n) is 2.31. The Hall–Kier alpha value is -1.84. The zero-order chi connectivity index (χ0) is 15.3. The molecule has 0 bridgehead atoms. The number of ether oxygens (including phenoxy) is 2. The lowest BCUT2D eigenvalue weighted by Gasteiger charge is -2.20. The molecule has 1 rings (SSSR count). The molecule has 20 heavy (non-hydrogen) atoms. The summed E-state index contributed by atoms with van der Waals surface area (Å²) in [6, 6.07) is 6.53. The van der Waals surface area contributed by atoms with Crippen molar-refractivity contribution in [3.8, 4) is 0 Å². The second-order valence-electron chi connectivity index (χ2n) is 6.04. The molecule has 0 aromatic heterocycles. The summed E-state index contributed by atoms with van der Waals surface area (Å²) in [5, 5.41) is 0. The maximum atomic E-state index is 12.1. The second-order valence-corrected chi connectivity index (χ2v) is 6.04. The van der Waals surface area contributed by atoms with Gasteiger partial charge in [0.15, 0.2) is 0 Å². The number of hydrogen-bond acceptors (Lipinski definition) is 4. The van der Waals surface area contributed by atoms with Gasteiger partial charge in [-0.05, 0) is 38.8 Å². The van der Waals surface area contributed by atoms with Gasteiger partial charge in [-0.15, -0.1) is 0 Å². The predicted molar refractivity (Wildman–Crippen MR) is 76.7 cm³/mol. The highest BCUT2D eigenvalue weighted by molar-refractivity contribution is 6.03. The van der Waals surface area contributed by atoms with Crippen molar-refractivity contribution in [3.05, 3.63) is 35.4 Å². The van der Waals surface area contributed by atoms with Gasteiger partial charge in [-0.1, -0.05) is 26.0 Å². The first-order chi connectivity index (χ1) is 9.20. The maximum Gasteiger partial charge on any atom is 0.339 e. The fourth-order valence-corrected chi connectivity index (χ4v) is 1.49. The number of benzene rings is 1. The summed E-state index contributed by atoms with van der Waals surface area (Å²) < 4.78 is 10.5. The Balaban J connectivity index is 2.93. The molecule has 0 spiro atoms. The Morgan fingerprint density at radius 1 is 1.05 bits per heavy atom. The lowest BCUT2D eigenvalue weighted by molar-refractivity contribution is 0.00636. The lowest BCUT2D eigenvalue weighted by Crippen LogP contribution is -2.25. The predicted octanol–water partition coefficient (Wildman–Crippen LogP) is 3.45. The molecule has 0 fully saturated rings. The highest BCUT2D eigenvalue weighted by Gasteiger charge is 2.23. The Morgan fingerprint density at radius 3 is 2.00 bits per heavy atom. The first-order valence-electron chi connectivity index (χ1n) is 6.70. The van der Waals surface area contributed by atoms with Crippen LogP contribution in [0.15, 0.2) is 24.3 Å². The lowest BCUT2D eigenvalue weighted by atomic mass is 10.1. The molecular formula is C16H22O4. The molecule has 0 amide bonds. The van der Waals surface area contributed by atoms with Crippen LogP contribution in [0.3, 0.4) is 0 Å². The summed E-state index contributed by atoms with van der Waals surface area (Å²) in [4.78, 5) is 24.1. The molecular weight excluding hydrogens is 256 g/mol. The van der Waals surface area contributed by atoms with E-state index in [1.165, 1.54) is 0 Å². The van der Waals surface area contributed by atoms with Crippen LogP contribution in [0.25, 0.3) is 0 Å². The quantitative estimate of drug-likeness (QED) is 0.791. The standard InChI is InChI=1S/C16H22O4/c1-11(2)10-19-14(17)12-8-6-7-9-13(12)15(18)20-16(3,4)5/h6-9,11H,10H2,1-5H3. The fourth-order valence-electron chi connectivity index (χ4n) is 1.49. The van der Waals surface area contributed by atoms with E-state index in [2.05, 4.69) is 0 Å². The molecule has 0 saturated heterocycles. The van der Waals surface area contributed by atoms with Crippen LogP contribution >= 0.6 is 0 Å². The minimum absolute atomic E-state index is 0.233. The summed E-state index contributed by atoms with van der Waals surface area (Å²) in [7, 11) is 0. The van der Waals surface area contributed by atoms with Crippen molar-refractivity contribution in [2.24, 2.45) is 5.92 Å². The van der Waals surface area contributed by atoms with E-state index in [4.69, 9.17) is 9.47 Å². The van der Waals surface area contributed by atoms with Gasteiger partial charge >= 0.3 is 11.9 Å². The summed E-state index contributed by atoms with van der Waals surface area (Å²) in [5.41, 5.74) is -0.134. The van der Waals surface area contributed by atoms with Gasteiger partial charge in [-0.25, -0.2) is 9.59 Å². The summed E-state index contributed by atoms with van der Waals surface area (Å²) in [5.74, 6) is -0.776. The molecule has 1 aromatic rings. The van der Waals surface area contributed by atoms with Gasteiger partial charge in [0.25, 0.3) is 0 Å². The average molecular weight is 278 g/mol. The zero-order valence-corrected chi connectivity index (χ0v) is 12.7. The van der Waals surface area contributed by atoms with E-state index in [-0.39, 0.29) is 17.0 Å². The minimum Gasteiger partial charge on any atom is -0.462 e. The number of hydrogen-bond donors (Lipinski definition) is 0. The van der Waals surface area contributed by atoms with Crippen LogP contribution in [0, 0.1) is 5.92 Å². The molecule has 0 aliphatic heterocycles. The van der Waals surface area contributed by atoms with E-state index in [1.54, 1.807) is 45.0 Å². The normalized spacial score (nSPS) is 11.3. The fraction of sp³-hybridized carbons (Fsp3) is 0.500. The smallest absolute Gasteiger partial charge is 0.339 e. The van der Waals surface area contributed by atoms with E-state index >= 15 is 0 Å². The third kappa shape index (κ3) is 5.03. The SMILES string of the molecule is CC(C)COC(=O)c1ccccc1C(=O)OC(C)(C)C. The van der Waals surface area contributed by atoms with E-state index in [9.17, 15) is 9.59 Å². The average Bonchev–Trinajstić information content (AvgIpc) is 2.33. The molecule has 0 unspecified atom stereocenters. The summed E-state index contributed by atoms with van der Waals surface area (Å²) >= 11 is 0. The molecule has 0 saturated carbocycles. The van der Waals surface area contributed by atoms with Crippen molar-refractivity contribution >= 4 is 11.9 Å². The van der Waals surface area contributed by atoms with Crippen LogP contribution in [0.4, 0.5) is 0 Å². The van der Waals surface area contributed by atoms with Crippen molar-refractivity contribution in [2.75, 3.05) is 6.61 Å². The number of carbonyl (C=O) groups excluding carboxylic acids is 2. The van der Waals surface area contributed by atoms with Crippen molar-refractivity contribution < 1.29 is 19.1 Å². The molecule has 110 valence electrons. The van der Waals surface area contributed by atoms with Crippen LogP contribution in [0.2, 0.25) is 0 Å². The number of rotatable bonds is 4.